The van der Waals surface area contributed by atoms with Gasteiger partial charge in [-0.15, -0.1) is 0 Å². The first-order valence-corrected chi connectivity index (χ1v) is 43.2. The molecule has 29 heteroatoms. The van der Waals surface area contributed by atoms with Gasteiger partial charge in [0.2, 0.25) is 40.1 Å². The molecule has 0 amide bonds. The fraction of sp³-hybridized carbons (Fsp3) is 0.321. The standard InChI is InChI=1S/C19H21N3O2S.C18H20N4O2S.C14H19N3O2S.C14H13N3.C13H18N4O2S/c1-25(23,24)22-9-7-15(8-10-22)17-11-16(14-5-3-2-4-6-14)12-19-18(17)13-20-21-19;1-25(23,24)22-9-7-21(8-10-22)18-12-15(14-5-3-2-4-6-14)11-17-16(18)13-19-20-17;1-10-7-12(13-9-15-16-14(13)8-10)11-3-5-17(6-4-11)20(2,18)19;1-2-5-11(6-3-1)9-15-13-7-4-8-14-12(13)10-16-17-14;1-10-7-12-11(9-14-15-12)13(8-10)16-3-5-17(6-4-16)20(2,18)19/h2-6,11-13,15H,7-10H2,1H3,(H,20,21);2-6,11-13H,7-10H2,1H3,(H,19,20);7-9,11H,3-6H2,1-2H3,(H,15,16);1-8,10,15H,9H2,(H,16,17);7-9H,3-6H2,1-2H3,(H,14,15). The monoisotopic (exact) mass is 1520 g/mol. The lowest BCUT2D eigenvalue weighted by atomic mass is 9.86. The molecule has 9 heterocycles. The number of aromatic amines is 5. The van der Waals surface area contributed by atoms with Gasteiger partial charge in [0.05, 0.1) is 83.6 Å². The molecule has 0 bridgehead atoms. The van der Waals surface area contributed by atoms with Crippen LogP contribution in [-0.4, -0.2) is 205 Å². The lowest BCUT2D eigenvalue weighted by molar-refractivity contribution is 0.322. The molecular formula is C78H91N17O8S4. The maximum Gasteiger partial charge on any atom is 0.211 e. The number of nitrogens with zero attached hydrogens (tertiary/aromatic N) is 11. The molecule has 17 rings (SSSR count). The highest BCUT2D eigenvalue weighted by Gasteiger charge is 2.31. The van der Waals surface area contributed by atoms with Gasteiger partial charge >= 0.3 is 0 Å². The zero-order valence-corrected chi connectivity index (χ0v) is 64.2. The zero-order chi connectivity index (χ0) is 75.0. The smallest absolute Gasteiger partial charge is 0.211 e. The molecule has 4 aliphatic heterocycles. The number of sulfonamides is 4. The Morgan fingerprint density at radius 3 is 1.16 bits per heavy atom. The van der Waals surface area contributed by atoms with Crippen LogP contribution >= 0.6 is 0 Å². The number of piperidine rings is 2. The number of aromatic nitrogens is 10. The highest BCUT2D eigenvalue weighted by atomic mass is 32.2. The number of hydrogen-bond acceptors (Lipinski definition) is 16. The summed E-state index contributed by atoms with van der Waals surface area (Å²) >= 11 is 0. The Kier molecular flexibility index (Phi) is 23.0. The second-order valence-corrected chi connectivity index (χ2v) is 35.8. The van der Waals surface area contributed by atoms with E-state index in [0.717, 1.165) is 120 Å². The SMILES string of the molecule is CS(=O)(=O)N1CCC(c2cc(-c3ccccc3)cc3[nH]ncc23)CC1.CS(=O)(=O)N1CCN(c2cc(-c3ccccc3)cc3[nH]ncc23)CC1.Cc1cc(C2CCN(S(C)(=O)=O)CC2)c2cn[nH]c2c1.Cc1cc(N2CCN(S(C)(=O)=O)CC2)c2cn[nH]c2c1.c1ccc(CNc2cccc3[nH]ncc23)cc1. The number of hydrogen-bond donors (Lipinski definition) is 6. The van der Waals surface area contributed by atoms with Gasteiger partial charge in [-0.1, -0.05) is 109 Å². The molecule has 4 saturated heterocycles. The third-order valence-electron chi connectivity index (χ3n) is 20.4. The van der Waals surface area contributed by atoms with Crippen LogP contribution in [0.2, 0.25) is 0 Å². The van der Waals surface area contributed by atoms with E-state index in [1.165, 1.54) is 67.0 Å². The molecule has 0 radical (unpaired) electrons. The lowest BCUT2D eigenvalue weighted by Gasteiger charge is -2.35. The van der Waals surface area contributed by atoms with Crippen LogP contribution in [0.4, 0.5) is 17.1 Å². The van der Waals surface area contributed by atoms with Gasteiger partial charge in [0.15, 0.2) is 0 Å². The van der Waals surface area contributed by atoms with E-state index in [2.05, 4.69) is 183 Å². The average Bonchev–Trinajstić information content (AvgIpc) is 1.76. The number of benzene rings is 8. The van der Waals surface area contributed by atoms with E-state index >= 15 is 0 Å². The van der Waals surface area contributed by atoms with Gasteiger partial charge in [0.25, 0.3) is 0 Å². The first-order valence-electron chi connectivity index (χ1n) is 35.8. The van der Waals surface area contributed by atoms with Crippen molar-refractivity contribution in [2.45, 2.75) is 57.9 Å². The highest BCUT2D eigenvalue weighted by Crippen LogP contribution is 2.39. The number of rotatable bonds is 13. The molecule has 560 valence electrons. The Balaban J connectivity index is 0.000000119. The van der Waals surface area contributed by atoms with Crippen molar-refractivity contribution in [3.8, 4) is 22.3 Å². The van der Waals surface area contributed by atoms with E-state index in [9.17, 15) is 33.7 Å². The normalized spacial score (nSPS) is 16.4. The Labute approximate surface area is 625 Å². The van der Waals surface area contributed by atoms with E-state index in [-0.39, 0.29) is 0 Å². The van der Waals surface area contributed by atoms with Gasteiger partial charge in [-0.05, 0) is 150 Å². The molecule has 4 fully saturated rings. The molecule has 13 aromatic rings. The number of nitrogens with one attached hydrogen (secondary N) is 6. The fourth-order valence-corrected chi connectivity index (χ4v) is 18.1. The summed E-state index contributed by atoms with van der Waals surface area (Å²) in [5.41, 5.74) is 19.3. The van der Waals surface area contributed by atoms with Crippen molar-refractivity contribution >= 4 is 112 Å². The number of fused-ring (bicyclic) bond motifs is 5. The maximum absolute atomic E-state index is 11.8. The number of H-pyrrole nitrogens is 5. The number of anilines is 3. The van der Waals surface area contributed by atoms with E-state index in [1.54, 1.807) is 8.61 Å². The molecule has 5 aromatic heterocycles. The lowest BCUT2D eigenvalue weighted by Crippen LogP contribution is -2.48. The topological polar surface area (TPSA) is 311 Å². The Morgan fingerprint density at radius 2 is 0.701 bits per heavy atom. The van der Waals surface area contributed by atoms with E-state index in [1.807, 2.05) is 85.6 Å². The van der Waals surface area contributed by atoms with Gasteiger partial charge in [0.1, 0.15) is 0 Å². The second-order valence-electron chi connectivity index (χ2n) is 27.9. The summed E-state index contributed by atoms with van der Waals surface area (Å²) in [4.78, 5) is 4.47. The molecule has 0 atom stereocenters. The Hall–Kier alpha value is -9.85. The summed E-state index contributed by atoms with van der Waals surface area (Å²) in [5, 5.41) is 44.8. The average molecular weight is 1520 g/mol. The Bertz CT molecular complexity index is 5370. The summed E-state index contributed by atoms with van der Waals surface area (Å²) in [6, 6.07) is 54.2. The number of aryl methyl sites for hydroxylation is 2. The first-order chi connectivity index (χ1) is 51.4. The minimum absolute atomic E-state index is 0.349. The molecular weight excluding hydrogens is 1430 g/mol. The summed E-state index contributed by atoms with van der Waals surface area (Å²) in [5.74, 6) is 0.759. The van der Waals surface area contributed by atoms with Crippen LogP contribution in [0.15, 0.2) is 189 Å². The van der Waals surface area contributed by atoms with Gasteiger partial charge < -0.3 is 15.1 Å². The fourth-order valence-electron chi connectivity index (χ4n) is 14.7. The minimum atomic E-state index is -3.13. The predicted octanol–water partition coefficient (Wildman–Crippen LogP) is 11.8. The zero-order valence-electron chi connectivity index (χ0n) is 60.9. The second kappa shape index (κ2) is 32.7. The largest absolute Gasteiger partial charge is 0.380 e. The van der Waals surface area contributed by atoms with Crippen molar-refractivity contribution < 1.29 is 33.7 Å². The molecule has 0 aliphatic carbocycles. The van der Waals surface area contributed by atoms with Gasteiger partial charge in [0, 0.05) is 129 Å². The van der Waals surface area contributed by atoms with Crippen molar-refractivity contribution in [3.05, 3.63) is 217 Å². The molecule has 107 heavy (non-hydrogen) atoms. The van der Waals surface area contributed by atoms with Crippen LogP contribution in [0.5, 0.6) is 0 Å². The summed E-state index contributed by atoms with van der Waals surface area (Å²) in [6.07, 6.45) is 17.8. The van der Waals surface area contributed by atoms with Crippen LogP contribution < -0.4 is 15.1 Å². The van der Waals surface area contributed by atoms with Crippen molar-refractivity contribution in [2.75, 3.05) is 119 Å². The van der Waals surface area contributed by atoms with Gasteiger partial charge in [-0.25, -0.2) is 42.3 Å². The predicted molar refractivity (Wildman–Crippen MR) is 429 cm³/mol. The first kappa shape index (κ1) is 75.4. The number of piperazine rings is 2. The van der Waals surface area contributed by atoms with Crippen LogP contribution in [0.1, 0.15) is 65.3 Å². The maximum atomic E-state index is 11.8. The van der Waals surface area contributed by atoms with Crippen LogP contribution in [0.3, 0.4) is 0 Å². The minimum Gasteiger partial charge on any atom is -0.380 e. The highest BCUT2D eigenvalue weighted by molar-refractivity contribution is 7.89. The third-order valence-corrected chi connectivity index (χ3v) is 25.6. The Morgan fingerprint density at radius 1 is 0.346 bits per heavy atom. The summed E-state index contributed by atoms with van der Waals surface area (Å²) in [7, 11) is -12.4. The van der Waals surface area contributed by atoms with Crippen LogP contribution in [0.25, 0.3) is 76.8 Å². The quantitative estimate of drug-likeness (QED) is 0.0625. The van der Waals surface area contributed by atoms with E-state index in [4.69, 9.17) is 0 Å². The molecule has 0 spiro atoms. The van der Waals surface area contributed by atoms with Crippen LogP contribution in [0, 0.1) is 13.8 Å². The van der Waals surface area contributed by atoms with Crippen molar-refractivity contribution in [1.29, 1.82) is 0 Å². The molecule has 0 unspecified atom stereocenters. The molecule has 6 N–H and O–H groups in total. The third kappa shape index (κ3) is 18.4. The van der Waals surface area contributed by atoms with Gasteiger partial charge in [-0.2, -0.15) is 34.1 Å². The molecule has 0 saturated carbocycles. The summed E-state index contributed by atoms with van der Waals surface area (Å²) in [6.45, 7) is 12.2. The van der Waals surface area contributed by atoms with E-state index in [0.29, 0.717) is 90.4 Å². The molecule has 4 aliphatic rings. The molecule has 8 aromatic carbocycles. The molecule has 25 nitrogen and oxygen atoms in total. The summed E-state index contributed by atoms with van der Waals surface area (Å²) < 4.78 is 99.4. The van der Waals surface area contributed by atoms with Crippen molar-refractivity contribution in [1.82, 2.24) is 68.2 Å². The van der Waals surface area contributed by atoms with Crippen molar-refractivity contribution in [2.24, 2.45) is 0 Å². The van der Waals surface area contributed by atoms with E-state index < -0.39 is 40.1 Å². The van der Waals surface area contributed by atoms with Crippen LogP contribution in [-0.2, 0) is 46.6 Å². The van der Waals surface area contributed by atoms with Crippen molar-refractivity contribution in [3.63, 3.8) is 0 Å². The van der Waals surface area contributed by atoms with Gasteiger partial charge in [-0.3, -0.25) is 25.5 Å².